The number of rotatable bonds is 12. The third-order valence-electron chi connectivity index (χ3n) is 4.46. The number of hydrogen-bond acceptors (Lipinski definition) is 6. The zero-order valence-corrected chi connectivity index (χ0v) is 20.7. The second-order valence-electron chi connectivity index (χ2n) is 6.40. The van der Waals surface area contributed by atoms with Crippen LogP contribution < -0.4 is 0 Å². The van der Waals surface area contributed by atoms with E-state index in [0.717, 1.165) is 35.6 Å². The second kappa shape index (κ2) is 13.4. The summed E-state index contributed by atoms with van der Waals surface area (Å²) in [7, 11) is 5.91. The summed E-state index contributed by atoms with van der Waals surface area (Å²) < 4.78 is 17.3. The maximum absolute atomic E-state index is 5.77. The van der Waals surface area contributed by atoms with Gasteiger partial charge in [0.1, 0.15) is 4.32 Å². The Bertz CT molecular complexity index is 668. The number of benzene rings is 2. The van der Waals surface area contributed by atoms with E-state index >= 15 is 0 Å². The first-order valence-electron chi connectivity index (χ1n) is 9.44. The summed E-state index contributed by atoms with van der Waals surface area (Å²) >= 11 is 5.77. The van der Waals surface area contributed by atoms with Crippen molar-refractivity contribution in [3.63, 3.8) is 0 Å². The van der Waals surface area contributed by atoms with E-state index in [1.54, 1.807) is 42.9 Å². The van der Waals surface area contributed by atoms with Gasteiger partial charge in [-0.3, -0.25) is 0 Å². The van der Waals surface area contributed by atoms with Gasteiger partial charge >= 0.3 is 8.80 Å². The summed E-state index contributed by atoms with van der Waals surface area (Å²) in [6.45, 7) is 1.60. The average molecular weight is 468 g/mol. The molecule has 0 aliphatic rings. The first-order valence-corrected chi connectivity index (χ1v) is 14.1. The molecule has 0 amide bonds. The van der Waals surface area contributed by atoms with Gasteiger partial charge in [0, 0.05) is 46.2 Å². The van der Waals surface area contributed by atoms with Crippen molar-refractivity contribution in [2.24, 2.45) is 0 Å². The van der Waals surface area contributed by atoms with Crippen LogP contribution in [0.2, 0.25) is 6.04 Å². The zero-order valence-electron chi connectivity index (χ0n) is 17.2. The van der Waals surface area contributed by atoms with Crippen molar-refractivity contribution in [2.75, 3.05) is 27.1 Å². The Kier molecular flexibility index (Phi) is 11.3. The maximum atomic E-state index is 5.77. The van der Waals surface area contributed by atoms with Gasteiger partial charge in [0.2, 0.25) is 0 Å². The third kappa shape index (κ3) is 8.41. The first kappa shape index (κ1) is 24.4. The molecule has 8 heteroatoms. The van der Waals surface area contributed by atoms with Crippen LogP contribution in [0.25, 0.3) is 0 Å². The quantitative estimate of drug-likeness (QED) is 0.173. The van der Waals surface area contributed by atoms with E-state index in [9.17, 15) is 0 Å². The van der Waals surface area contributed by atoms with Crippen molar-refractivity contribution in [3.05, 3.63) is 71.8 Å². The lowest BCUT2D eigenvalue weighted by molar-refractivity contribution is 0.123. The highest BCUT2D eigenvalue weighted by Crippen LogP contribution is 2.29. The van der Waals surface area contributed by atoms with E-state index in [1.165, 1.54) is 11.1 Å². The van der Waals surface area contributed by atoms with E-state index in [4.69, 9.17) is 25.5 Å². The molecule has 0 N–H and O–H groups in total. The summed E-state index contributed by atoms with van der Waals surface area (Å²) in [5.74, 6) is 0.958. The van der Waals surface area contributed by atoms with Crippen molar-refractivity contribution in [3.8, 4) is 0 Å². The van der Waals surface area contributed by atoms with Crippen molar-refractivity contribution < 1.29 is 13.3 Å². The normalized spacial score (nSPS) is 11.4. The Balaban J connectivity index is 1.88. The van der Waals surface area contributed by atoms with Crippen LogP contribution >= 0.6 is 33.8 Å². The van der Waals surface area contributed by atoms with E-state index in [1.807, 2.05) is 12.1 Å². The Morgan fingerprint density at radius 3 is 1.79 bits per heavy atom. The van der Waals surface area contributed by atoms with Crippen LogP contribution in [0.15, 0.2) is 60.7 Å². The lowest BCUT2D eigenvalue weighted by Crippen LogP contribution is -2.42. The molecule has 158 valence electrons. The summed E-state index contributed by atoms with van der Waals surface area (Å²) in [6.07, 6.45) is 0.958. The largest absolute Gasteiger partial charge is 0.500 e. The lowest BCUT2D eigenvalue weighted by Gasteiger charge is -2.25. The zero-order chi connectivity index (χ0) is 21.0. The maximum Gasteiger partial charge on any atom is 0.500 e. The van der Waals surface area contributed by atoms with Gasteiger partial charge in [-0.2, -0.15) is 0 Å². The van der Waals surface area contributed by atoms with Crippen LogP contribution in [0.5, 0.6) is 0 Å². The van der Waals surface area contributed by atoms with Gasteiger partial charge in [0.05, 0.1) is 0 Å². The molecule has 4 nitrogen and oxygen atoms in total. The minimum atomic E-state index is -2.48. The fourth-order valence-corrected chi connectivity index (χ4v) is 7.28. The van der Waals surface area contributed by atoms with E-state index in [2.05, 4.69) is 53.4 Å². The van der Waals surface area contributed by atoms with Gasteiger partial charge in [-0.1, -0.05) is 83.7 Å². The Morgan fingerprint density at radius 2 is 1.34 bits per heavy atom. The van der Waals surface area contributed by atoms with Gasteiger partial charge in [-0.15, -0.1) is 0 Å². The van der Waals surface area contributed by atoms with Gasteiger partial charge in [-0.05, 0) is 28.3 Å². The molecular weight excluding hydrogens is 439 g/mol. The standard InChI is InChI=1S/C21H29NO3S3Si/c1-23-29(24-2,25-3)16-10-15-27-28-21(26)22(17-19-11-6-4-7-12-19)18-20-13-8-5-9-14-20/h4-9,11-14H,10,15-18H2,1-3H3. The van der Waals surface area contributed by atoms with E-state index in [-0.39, 0.29) is 0 Å². The molecule has 29 heavy (non-hydrogen) atoms. The molecule has 0 fully saturated rings. The van der Waals surface area contributed by atoms with Crippen LogP contribution in [-0.2, 0) is 26.4 Å². The minimum absolute atomic E-state index is 0.800. The molecule has 0 aliphatic carbocycles. The number of nitrogens with zero attached hydrogens (tertiary/aromatic N) is 1. The predicted molar refractivity (Wildman–Crippen MR) is 131 cm³/mol. The van der Waals surface area contributed by atoms with E-state index < -0.39 is 8.80 Å². The topological polar surface area (TPSA) is 30.9 Å². The van der Waals surface area contributed by atoms with Gasteiger partial charge < -0.3 is 18.2 Å². The molecule has 2 aromatic rings. The van der Waals surface area contributed by atoms with Crippen LogP contribution in [0.4, 0.5) is 0 Å². The smallest absolute Gasteiger partial charge is 0.377 e. The molecule has 0 spiro atoms. The molecule has 0 aromatic heterocycles. The fraction of sp³-hybridized carbons (Fsp3) is 0.381. The monoisotopic (exact) mass is 467 g/mol. The molecule has 0 radical (unpaired) electrons. The predicted octanol–water partition coefficient (Wildman–Crippen LogP) is 5.62. The Morgan fingerprint density at radius 1 is 0.862 bits per heavy atom. The molecule has 0 atom stereocenters. The van der Waals surface area contributed by atoms with Gasteiger partial charge in [0.25, 0.3) is 0 Å². The summed E-state index contributed by atoms with van der Waals surface area (Å²) in [5.41, 5.74) is 2.51. The first-order chi connectivity index (χ1) is 14.1. The number of thiocarbonyl (C=S) groups is 1. The Hall–Kier alpha value is -0.873. The van der Waals surface area contributed by atoms with E-state index in [0.29, 0.717) is 0 Å². The SMILES string of the molecule is CO[Si](CCCSSC(=S)N(Cc1ccccc1)Cc1ccccc1)(OC)OC. The molecule has 0 heterocycles. The summed E-state index contributed by atoms with van der Waals surface area (Å²) in [5, 5.41) is 0. The minimum Gasteiger partial charge on any atom is -0.377 e. The van der Waals surface area contributed by atoms with Crippen molar-refractivity contribution in [1.29, 1.82) is 0 Å². The molecule has 0 bridgehead atoms. The second-order valence-corrected chi connectivity index (χ2v) is 12.5. The van der Waals surface area contributed by atoms with Crippen molar-refractivity contribution in [1.82, 2.24) is 4.90 Å². The average Bonchev–Trinajstić information content (AvgIpc) is 2.77. The third-order valence-corrected chi connectivity index (χ3v) is 10.4. The summed E-state index contributed by atoms with van der Waals surface area (Å²) in [6, 6.07) is 21.7. The molecule has 2 aromatic carbocycles. The van der Waals surface area contributed by atoms with Crippen LogP contribution in [0.1, 0.15) is 17.5 Å². The summed E-state index contributed by atoms with van der Waals surface area (Å²) in [4.78, 5) is 2.26. The highest BCUT2D eigenvalue weighted by atomic mass is 33.1. The molecule has 0 unspecified atom stereocenters. The fourth-order valence-electron chi connectivity index (χ4n) is 2.84. The molecule has 0 saturated carbocycles. The van der Waals surface area contributed by atoms with Crippen LogP contribution in [0, 0.1) is 0 Å². The highest BCUT2D eigenvalue weighted by molar-refractivity contribution is 8.83. The van der Waals surface area contributed by atoms with Crippen LogP contribution in [-0.4, -0.2) is 45.1 Å². The molecule has 0 aliphatic heterocycles. The lowest BCUT2D eigenvalue weighted by atomic mass is 10.2. The molecular formula is C21H29NO3S3Si. The van der Waals surface area contributed by atoms with Crippen molar-refractivity contribution >= 4 is 46.9 Å². The molecule has 0 saturated heterocycles. The number of hydrogen-bond donors (Lipinski definition) is 0. The van der Waals surface area contributed by atoms with Gasteiger partial charge in [-0.25, -0.2) is 0 Å². The van der Waals surface area contributed by atoms with Crippen LogP contribution in [0.3, 0.4) is 0 Å². The van der Waals surface area contributed by atoms with Gasteiger partial charge in [0.15, 0.2) is 0 Å². The molecule has 2 rings (SSSR count). The highest BCUT2D eigenvalue weighted by Gasteiger charge is 2.36. The van der Waals surface area contributed by atoms with Crippen molar-refractivity contribution in [2.45, 2.75) is 25.6 Å². The Labute approximate surface area is 189 Å².